The highest BCUT2D eigenvalue weighted by Crippen LogP contribution is 2.27. The Morgan fingerprint density at radius 1 is 0.960 bits per heavy atom. The maximum atomic E-state index is 12.5. The molecule has 25 heavy (non-hydrogen) atoms. The standard InChI is InChI=1S/C17H12Cl2N2O4/c18-10-1-4-12(5-2-10)20(8-15(22)23)9-21-16(24)13-6-3-11(19)7-14(13)17(21)25/h1-7H,8-9H2,(H,22,23). The van der Waals surface area contributed by atoms with Crippen molar-refractivity contribution in [3.63, 3.8) is 0 Å². The molecule has 0 unspecified atom stereocenters. The number of imide groups is 1. The number of carbonyl (C=O) groups is 3. The van der Waals surface area contributed by atoms with Gasteiger partial charge in [-0.15, -0.1) is 0 Å². The Kier molecular flexibility index (Phi) is 4.65. The van der Waals surface area contributed by atoms with Crippen LogP contribution in [0.5, 0.6) is 0 Å². The largest absolute Gasteiger partial charge is 0.480 e. The average Bonchev–Trinajstić information content (AvgIpc) is 2.79. The fourth-order valence-electron chi connectivity index (χ4n) is 2.60. The van der Waals surface area contributed by atoms with Crippen molar-refractivity contribution in [2.24, 2.45) is 0 Å². The minimum Gasteiger partial charge on any atom is -0.480 e. The Balaban J connectivity index is 1.90. The van der Waals surface area contributed by atoms with Gasteiger partial charge in [-0.25, -0.2) is 0 Å². The van der Waals surface area contributed by atoms with Crippen LogP contribution in [0.3, 0.4) is 0 Å². The molecule has 6 nitrogen and oxygen atoms in total. The van der Waals surface area contributed by atoms with Gasteiger partial charge in [-0.2, -0.15) is 0 Å². The predicted molar refractivity (Wildman–Crippen MR) is 93.3 cm³/mol. The summed E-state index contributed by atoms with van der Waals surface area (Å²) in [5, 5.41) is 9.99. The first-order valence-electron chi connectivity index (χ1n) is 7.25. The summed E-state index contributed by atoms with van der Waals surface area (Å²) in [5.74, 6) is -2.08. The number of amides is 2. The van der Waals surface area contributed by atoms with Crippen molar-refractivity contribution in [1.29, 1.82) is 0 Å². The number of hydrogen-bond acceptors (Lipinski definition) is 4. The Morgan fingerprint density at radius 2 is 1.56 bits per heavy atom. The fourth-order valence-corrected chi connectivity index (χ4v) is 2.90. The lowest BCUT2D eigenvalue weighted by Crippen LogP contribution is -2.43. The van der Waals surface area contributed by atoms with Crippen LogP contribution in [0.25, 0.3) is 0 Å². The van der Waals surface area contributed by atoms with E-state index in [0.29, 0.717) is 15.7 Å². The molecule has 128 valence electrons. The van der Waals surface area contributed by atoms with Crippen molar-refractivity contribution in [2.45, 2.75) is 0 Å². The first-order chi connectivity index (χ1) is 11.9. The van der Waals surface area contributed by atoms with E-state index in [4.69, 9.17) is 28.3 Å². The lowest BCUT2D eigenvalue weighted by Gasteiger charge is -2.27. The molecular weight excluding hydrogens is 367 g/mol. The molecule has 1 aliphatic rings. The topological polar surface area (TPSA) is 77.9 Å². The van der Waals surface area contributed by atoms with E-state index in [1.165, 1.54) is 23.1 Å². The molecule has 0 bridgehead atoms. The van der Waals surface area contributed by atoms with Crippen LogP contribution in [0.1, 0.15) is 20.7 Å². The smallest absolute Gasteiger partial charge is 0.323 e. The number of aliphatic carboxylic acids is 1. The minimum absolute atomic E-state index is 0.197. The van der Waals surface area contributed by atoms with Gasteiger partial charge in [0.25, 0.3) is 11.8 Å². The predicted octanol–water partition coefficient (Wildman–Crippen LogP) is 3.14. The molecule has 0 aliphatic carbocycles. The van der Waals surface area contributed by atoms with Gasteiger partial charge in [-0.1, -0.05) is 23.2 Å². The highest BCUT2D eigenvalue weighted by atomic mass is 35.5. The molecule has 2 aromatic carbocycles. The number of rotatable bonds is 5. The Hall–Kier alpha value is -2.57. The fraction of sp³-hybridized carbons (Fsp3) is 0.118. The summed E-state index contributed by atoms with van der Waals surface area (Å²) in [7, 11) is 0. The first kappa shape index (κ1) is 17.3. The molecular formula is C17H12Cl2N2O4. The maximum Gasteiger partial charge on any atom is 0.323 e. The van der Waals surface area contributed by atoms with E-state index >= 15 is 0 Å². The molecule has 0 saturated carbocycles. The molecule has 0 radical (unpaired) electrons. The van der Waals surface area contributed by atoms with Crippen molar-refractivity contribution in [2.75, 3.05) is 18.1 Å². The lowest BCUT2D eigenvalue weighted by molar-refractivity contribution is -0.135. The van der Waals surface area contributed by atoms with E-state index in [1.807, 2.05) is 0 Å². The van der Waals surface area contributed by atoms with Crippen LogP contribution >= 0.6 is 23.2 Å². The summed E-state index contributed by atoms with van der Waals surface area (Å²) in [6.45, 7) is -0.576. The van der Waals surface area contributed by atoms with E-state index in [-0.39, 0.29) is 24.3 Å². The highest BCUT2D eigenvalue weighted by molar-refractivity contribution is 6.32. The Morgan fingerprint density at radius 3 is 2.20 bits per heavy atom. The number of fused-ring (bicyclic) bond motifs is 1. The summed E-state index contributed by atoms with van der Waals surface area (Å²) in [5.41, 5.74) is 0.992. The van der Waals surface area contributed by atoms with E-state index in [0.717, 1.165) is 4.90 Å². The minimum atomic E-state index is -1.09. The monoisotopic (exact) mass is 378 g/mol. The average molecular weight is 379 g/mol. The van der Waals surface area contributed by atoms with Crippen LogP contribution in [-0.2, 0) is 4.79 Å². The zero-order valence-corrected chi connectivity index (χ0v) is 14.3. The number of carboxylic acid groups (broad SMARTS) is 1. The second-order valence-electron chi connectivity index (χ2n) is 5.44. The highest BCUT2D eigenvalue weighted by Gasteiger charge is 2.36. The van der Waals surface area contributed by atoms with Crippen LogP contribution < -0.4 is 4.90 Å². The summed E-state index contributed by atoms with van der Waals surface area (Å²) < 4.78 is 0. The van der Waals surface area contributed by atoms with Crippen LogP contribution in [-0.4, -0.2) is 41.0 Å². The second-order valence-corrected chi connectivity index (χ2v) is 6.31. The molecule has 0 aromatic heterocycles. The van der Waals surface area contributed by atoms with Crippen molar-refractivity contribution >= 4 is 46.7 Å². The van der Waals surface area contributed by atoms with Gasteiger partial charge in [0.2, 0.25) is 0 Å². The van der Waals surface area contributed by atoms with Crippen molar-refractivity contribution in [1.82, 2.24) is 4.90 Å². The van der Waals surface area contributed by atoms with Gasteiger partial charge in [0.15, 0.2) is 0 Å². The number of hydrogen-bond donors (Lipinski definition) is 1. The van der Waals surface area contributed by atoms with Gasteiger partial charge < -0.3 is 10.0 Å². The SMILES string of the molecule is O=C(O)CN(CN1C(=O)c2ccc(Cl)cc2C1=O)c1ccc(Cl)cc1. The number of anilines is 1. The summed E-state index contributed by atoms with van der Waals surface area (Å²) in [6.07, 6.45) is 0. The first-order valence-corrected chi connectivity index (χ1v) is 8.00. The third-order valence-corrected chi connectivity index (χ3v) is 4.25. The van der Waals surface area contributed by atoms with E-state index in [2.05, 4.69) is 0 Å². The number of halogens is 2. The quantitative estimate of drug-likeness (QED) is 0.808. The second kappa shape index (κ2) is 6.74. The van der Waals surface area contributed by atoms with Crippen LogP contribution in [0.15, 0.2) is 42.5 Å². The number of nitrogens with zero attached hydrogens (tertiary/aromatic N) is 2. The molecule has 1 aliphatic heterocycles. The zero-order valence-electron chi connectivity index (χ0n) is 12.8. The van der Waals surface area contributed by atoms with Crippen LogP contribution in [0.4, 0.5) is 5.69 Å². The molecule has 0 atom stereocenters. The number of carboxylic acids is 1. The summed E-state index contributed by atoms with van der Waals surface area (Å²) >= 11 is 11.7. The summed E-state index contributed by atoms with van der Waals surface area (Å²) in [4.78, 5) is 38.6. The van der Waals surface area contributed by atoms with Gasteiger partial charge in [0.05, 0.1) is 11.1 Å². The van der Waals surface area contributed by atoms with Crippen molar-refractivity contribution in [3.05, 3.63) is 63.6 Å². The summed E-state index contributed by atoms with van der Waals surface area (Å²) in [6, 6.07) is 10.9. The van der Waals surface area contributed by atoms with Gasteiger partial charge in [-0.3, -0.25) is 19.3 Å². The normalized spacial score (nSPS) is 13.1. The molecule has 1 N–H and O–H groups in total. The molecule has 0 spiro atoms. The van der Waals surface area contributed by atoms with Gasteiger partial charge in [0.1, 0.15) is 13.2 Å². The van der Waals surface area contributed by atoms with Crippen molar-refractivity contribution in [3.8, 4) is 0 Å². The van der Waals surface area contributed by atoms with Gasteiger partial charge in [-0.05, 0) is 42.5 Å². The van der Waals surface area contributed by atoms with E-state index < -0.39 is 17.8 Å². The molecule has 1 heterocycles. The Bertz CT molecular complexity index is 867. The lowest BCUT2D eigenvalue weighted by atomic mass is 10.1. The van der Waals surface area contributed by atoms with Crippen LogP contribution in [0.2, 0.25) is 10.0 Å². The van der Waals surface area contributed by atoms with Gasteiger partial charge >= 0.3 is 5.97 Å². The van der Waals surface area contributed by atoms with Crippen molar-refractivity contribution < 1.29 is 19.5 Å². The number of benzene rings is 2. The van der Waals surface area contributed by atoms with Crippen LogP contribution in [0, 0.1) is 0 Å². The third kappa shape index (κ3) is 3.45. The van der Waals surface area contributed by atoms with Gasteiger partial charge in [0, 0.05) is 15.7 Å². The maximum absolute atomic E-state index is 12.5. The molecule has 8 heteroatoms. The molecule has 2 aromatic rings. The Labute approximate surface area is 153 Å². The molecule has 0 fully saturated rings. The molecule has 0 saturated heterocycles. The zero-order chi connectivity index (χ0) is 18.1. The third-order valence-electron chi connectivity index (χ3n) is 3.76. The molecule has 3 rings (SSSR count). The van der Waals surface area contributed by atoms with E-state index in [9.17, 15) is 14.4 Å². The molecule has 2 amide bonds. The number of carbonyl (C=O) groups excluding carboxylic acids is 2. The van der Waals surface area contributed by atoms with E-state index in [1.54, 1.807) is 24.3 Å².